The number of hydrogen-bond donors (Lipinski definition) is 2. The quantitative estimate of drug-likeness (QED) is 0.857. The van der Waals surface area contributed by atoms with Gasteiger partial charge in [-0.15, -0.1) is 0 Å². The Labute approximate surface area is 136 Å². The van der Waals surface area contributed by atoms with E-state index in [2.05, 4.69) is 38.6 Å². The fourth-order valence-electron chi connectivity index (χ4n) is 3.16. The Bertz CT molecular complexity index is 631. The van der Waals surface area contributed by atoms with Crippen LogP contribution in [0.3, 0.4) is 0 Å². The summed E-state index contributed by atoms with van der Waals surface area (Å²) < 4.78 is 2.22. The van der Waals surface area contributed by atoms with Crippen molar-refractivity contribution in [3.63, 3.8) is 0 Å². The highest BCUT2D eigenvalue weighted by Crippen LogP contribution is 2.19. The molecule has 1 aliphatic heterocycles. The van der Waals surface area contributed by atoms with Crippen molar-refractivity contribution >= 4 is 5.91 Å². The minimum atomic E-state index is -0.0243. The molecule has 2 aromatic heterocycles. The minimum absolute atomic E-state index is 0.0243. The number of carbonyl (C=O) groups excluding carboxylic acids is 1. The molecule has 0 radical (unpaired) electrons. The zero-order valence-electron chi connectivity index (χ0n) is 13.8. The number of aromatic nitrogens is 3. The molecule has 0 saturated carbocycles. The number of nitrogens with one attached hydrogen (secondary N) is 2. The molecule has 0 aliphatic carbocycles. The van der Waals surface area contributed by atoms with Crippen LogP contribution in [0.4, 0.5) is 0 Å². The summed E-state index contributed by atoms with van der Waals surface area (Å²) in [5, 5.41) is 3.02. The van der Waals surface area contributed by atoms with Crippen molar-refractivity contribution in [3.05, 3.63) is 42.2 Å². The molecule has 2 N–H and O–H groups in total. The summed E-state index contributed by atoms with van der Waals surface area (Å²) in [5.41, 5.74) is 0.624. The van der Waals surface area contributed by atoms with Crippen molar-refractivity contribution in [2.75, 3.05) is 19.6 Å². The number of likely N-dealkylation sites (tertiary alicyclic amines) is 1. The van der Waals surface area contributed by atoms with Gasteiger partial charge in [0.2, 0.25) is 0 Å². The second-order valence-corrected chi connectivity index (χ2v) is 6.53. The summed E-state index contributed by atoms with van der Waals surface area (Å²) in [4.78, 5) is 21.8. The van der Waals surface area contributed by atoms with E-state index in [1.165, 1.54) is 0 Å². The van der Waals surface area contributed by atoms with E-state index in [0.29, 0.717) is 17.7 Å². The van der Waals surface area contributed by atoms with E-state index in [-0.39, 0.29) is 5.91 Å². The Morgan fingerprint density at radius 3 is 3.13 bits per heavy atom. The van der Waals surface area contributed by atoms with E-state index in [1.54, 1.807) is 12.3 Å². The molecular formula is C17H25N5O. The lowest BCUT2D eigenvalue weighted by atomic mass is 10.1. The monoisotopic (exact) mass is 315 g/mol. The Morgan fingerprint density at radius 1 is 1.52 bits per heavy atom. The van der Waals surface area contributed by atoms with Gasteiger partial charge in [0, 0.05) is 37.7 Å². The van der Waals surface area contributed by atoms with Gasteiger partial charge in [-0.25, -0.2) is 4.98 Å². The molecule has 3 rings (SSSR count). The van der Waals surface area contributed by atoms with Gasteiger partial charge >= 0.3 is 0 Å². The number of rotatable bonds is 6. The van der Waals surface area contributed by atoms with Gasteiger partial charge < -0.3 is 14.9 Å². The second-order valence-electron chi connectivity index (χ2n) is 6.53. The molecule has 6 heteroatoms. The fraction of sp³-hybridized carbons (Fsp3) is 0.529. The maximum Gasteiger partial charge on any atom is 0.267 e. The molecule has 0 aromatic carbocycles. The SMILES string of the molecule is CC(C)n1ccnc1CN1CCC(CNC(=O)c2ccc[nH]2)C1. The maximum absolute atomic E-state index is 12.0. The van der Waals surface area contributed by atoms with Crippen LogP contribution in [0.1, 0.15) is 42.6 Å². The van der Waals surface area contributed by atoms with Gasteiger partial charge in [-0.05, 0) is 44.9 Å². The van der Waals surface area contributed by atoms with Crippen LogP contribution in [-0.2, 0) is 6.54 Å². The first-order valence-electron chi connectivity index (χ1n) is 8.29. The van der Waals surface area contributed by atoms with Crippen molar-refractivity contribution in [3.8, 4) is 0 Å². The van der Waals surface area contributed by atoms with Crippen LogP contribution in [0.2, 0.25) is 0 Å². The van der Waals surface area contributed by atoms with Gasteiger partial charge in [-0.1, -0.05) is 0 Å². The van der Waals surface area contributed by atoms with Crippen LogP contribution >= 0.6 is 0 Å². The zero-order valence-corrected chi connectivity index (χ0v) is 13.8. The van der Waals surface area contributed by atoms with Crippen molar-refractivity contribution < 1.29 is 4.79 Å². The fourth-order valence-corrected chi connectivity index (χ4v) is 3.16. The number of nitrogens with zero attached hydrogens (tertiary/aromatic N) is 3. The van der Waals surface area contributed by atoms with Gasteiger partial charge in [-0.2, -0.15) is 0 Å². The molecule has 0 bridgehead atoms. The summed E-state index contributed by atoms with van der Waals surface area (Å²) in [6.07, 6.45) is 6.81. The lowest BCUT2D eigenvalue weighted by Crippen LogP contribution is -2.31. The number of imidazole rings is 1. The first-order valence-corrected chi connectivity index (χ1v) is 8.29. The summed E-state index contributed by atoms with van der Waals surface area (Å²) in [6.45, 7) is 8.03. The van der Waals surface area contributed by atoms with Crippen LogP contribution in [-0.4, -0.2) is 45.0 Å². The molecule has 1 amide bonds. The topological polar surface area (TPSA) is 66.0 Å². The molecule has 3 heterocycles. The van der Waals surface area contributed by atoms with E-state index in [0.717, 1.165) is 38.4 Å². The predicted octanol–water partition coefficient (Wildman–Crippen LogP) is 2.04. The molecule has 1 saturated heterocycles. The molecule has 23 heavy (non-hydrogen) atoms. The van der Waals surface area contributed by atoms with E-state index in [4.69, 9.17) is 0 Å². The summed E-state index contributed by atoms with van der Waals surface area (Å²) in [7, 11) is 0. The summed E-state index contributed by atoms with van der Waals surface area (Å²) in [6, 6.07) is 4.07. The molecule has 124 valence electrons. The molecule has 6 nitrogen and oxygen atoms in total. The molecule has 1 aliphatic rings. The van der Waals surface area contributed by atoms with Crippen molar-refractivity contribution in [2.45, 2.75) is 32.9 Å². The van der Waals surface area contributed by atoms with E-state index in [1.807, 2.05) is 18.5 Å². The van der Waals surface area contributed by atoms with E-state index < -0.39 is 0 Å². The third kappa shape index (κ3) is 3.82. The van der Waals surface area contributed by atoms with Crippen molar-refractivity contribution in [1.29, 1.82) is 0 Å². The first-order chi connectivity index (χ1) is 11.1. The minimum Gasteiger partial charge on any atom is -0.357 e. The standard InChI is InChI=1S/C17H25N5O/c1-13(2)22-9-7-19-16(22)12-21-8-5-14(11-21)10-20-17(23)15-4-3-6-18-15/h3-4,6-7,9,13-14,18H,5,8,10-12H2,1-2H3,(H,20,23). The van der Waals surface area contributed by atoms with Crippen LogP contribution in [0, 0.1) is 5.92 Å². The average molecular weight is 315 g/mol. The molecule has 1 atom stereocenters. The Kier molecular flexibility index (Phi) is 4.81. The normalized spacial score (nSPS) is 18.7. The van der Waals surface area contributed by atoms with E-state index in [9.17, 15) is 4.79 Å². The highest BCUT2D eigenvalue weighted by molar-refractivity contribution is 5.92. The average Bonchev–Trinajstić information content (AvgIpc) is 3.27. The molecule has 1 fully saturated rings. The lowest BCUT2D eigenvalue weighted by molar-refractivity contribution is 0.0943. The van der Waals surface area contributed by atoms with Crippen LogP contribution < -0.4 is 5.32 Å². The molecule has 1 unspecified atom stereocenters. The number of hydrogen-bond acceptors (Lipinski definition) is 3. The number of carbonyl (C=O) groups is 1. The number of aromatic amines is 1. The van der Waals surface area contributed by atoms with Crippen LogP contribution in [0.5, 0.6) is 0 Å². The van der Waals surface area contributed by atoms with Crippen LogP contribution in [0.15, 0.2) is 30.7 Å². The third-order valence-electron chi connectivity index (χ3n) is 4.43. The second kappa shape index (κ2) is 7.00. The Balaban J connectivity index is 1.47. The zero-order chi connectivity index (χ0) is 16.2. The van der Waals surface area contributed by atoms with Gasteiger partial charge in [0.25, 0.3) is 5.91 Å². The van der Waals surface area contributed by atoms with Crippen molar-refractivity contribution in [1.82, 2.24) is 24.8 Å². The first kappa shape index (κ1) is 15.8. The summed E-state index contributed by atoms with van der Waals surface area (Å²) in [5.74, 6) is 1.61. The highest BCUT2D eigenvalue weighted by atomic mass is 16.1. The maximum atomic E-state index is 12.0. The van der Waals surface area contributed by atoms with Crippen molar-refractivity contribution in [2.24, 2.45) is 5.92 Å². The number of H-pyrrole nitrogens is 1. The van der Waals surface area contributed by atoms with Gasteiger partial charge in [0.1, 0.15) is 11.5 Å². The molecule has 2 aromatic rings. The van der Waals surface area contributed by atoms with Gasteiger partial charge in [0.05, 0.1) is 6.54 Å². The smallest absolute Gasteiger partial charge is 0.267 e. The largest absolute Gasteiger partial charge is 0.357 e. The molecule has 0 spiro atoms. The van der Waals surface area contributed by atoms with Crippen LogP contribution in [0.25, 0.3) is 0 Å². The van der Waals surface area contributed by atoms with Gasteiger partial charge in [-0.3, -0.25) is 9.69 Å². The third-order valence-corrected chi connectivity index (χ3v) is 4.43. The lowest BCUT2D eigenvalue weighted by Gasteiger charge is -2.18. The summed E-state index contributed by atoms with van der Waals surface area (Å²) >= 11 is 0. The number of amides is 1. The molecular weight excluding hydrogens is 290 g/mol. The predicted molar refractivity (Wildman–Crippen MR) is 89.1 cm³/mol. The Hall–Kier alpha value is -2.08. The van der Waals surface area contributed by atoms with E-state index >= 15 is 0 Å². The van der Waals surface area contributed by atoms with Gasteiger partial charge in [0.15, 0.2) is 0 Å². The highest BCUT2D eigenvalue weighted by Gasteiger charge is 2.24. The Morgan fingerprint density at radius 2 is 2.39 bits per heavy atom.